The number of unbranched alkanes of at least 4 members (excludes halogenated alkanes) is 1. The SMILES string of the molecule is CCCCC(CCC)NC(C(=O)O)C1CC1. The van der Waals surface area contributed by atoms with Gasteiger partial charge in [0.2, 0.25) is 0 Å². The zero-order chi connectivity index (χ0) is 12.0. The minimum atomic E-state index is -0.667. The lowest BCUT2D eigenvalue weighted by Gasteiger charge is -2.22. The number of hydrogen-bond donors (Lipinski definition) is 2. The maximum atomic E-state index is 11.1. The van der Waals surface area contributed by atoms with Gasteiger partial charge in [-0.15, -0.1) is 0 Å². The first-order valence-electron chi connectivity index (χ1n) is 6.67. The summed E-state index contributed by atoms with van der Waals surface area (Å²) in [5, 5.41) is 12.5. The van der Waals surface area contributed by atoms with Crippen LogP contribution in [-0.4, -0.2) is 23.2 Å². The molecule has 2 atom stereocenters. The van der Waals surface area contributed by atoms with Gasteiger partial charge in [-0.3, -0.25) is 4.79 Å². The third-order valence-electron chi connectivity index (χ3n) is 3.32. The maximum absolute atomic E-state index is 11.1. The fourth-order valence-electron chi connectivity index (χ4n) is 2.20. The third kappa shape index (κ3) is 4.52. The van der Waals surface area contributed by atoms with Crippen molar-refractivity contribution in [2.45, 2.75) is 70.9 Å². The van der Waals surface area contributed by atoms with Gasteiger partial charge in [0.05, 0.1) is 0 Å². The molecule has 1 saturated carbocycles. The molecule has 1 rings (SSSR count). The van der Waals surface area contributed by atoms with E-state index < -0.39 is 5.97 Å². The van der Waals surface area contributed by atoms with Crippen LogP contribution >= 0.6 is 0 Å². The van der Waals surface area contributed by atoms with Crippen molar-refractivity contribution in [1.82, 2.24) is 5.32 Å². The molecule has 0 radical (unpaired) electrons. The van der Waals surface area contributed by atoms with Crippen molar-refractivity contribution in [1.29, 1.82) is 0 Å². The molecule has 0 spiro atoms. The minimum absolute atomic E-state index is 0.298. The van der Waals surface area contributed by atoms with Crippen LogP contribution in [0, 0.1) is 5.92 Å². The molecule has 94 valence electrons. The van der Waals surface area contributed by atoms with Gasteiger partial charge >= 0.3 is 5.97 Å². The number of carboxylic acid groups (broad SMARTS) is 1. The van der Waals surface area contributed by atoms with E-state index in [0.717, 1.165) is 32.1 Å². The predicted molar refractivity (Wildman–Crippen MR) is 65.5 cm³/mol. The van der Waals surface area contributed by atoms with Crippen molar-refractivity contribution in [3.63, 3.8) is 0 Å². The highest BCUT2D eigenvalue weighted by Gasteiger charge is 2.36. The zero-order valence-electron chi connectivity index (χ0n) is 10.5. The van der Waals surface area contributed by atoms with E-state index in [1.807, 2.05) is 0 Å². The van der Waals surface area contributed by atoms with Crippen LogP contribution in [0.1, 0.15) is 58.8 Å². The van der Waals surface area contributed by atoms with E-state index in [2.05, 4.69) is 19.2 Å². The highest BCUT2D eigenvalue weighted by Crippen LogP contribution is 2.33. The molecule has 3 heteroatoms. The monoisotopic (exact) mass is 227 g/mol. The zero-order valence-corrected chi connectivity index (χ0v) is 10.5. The van der Waals surface area contributed by atoms with Crippen molar-refractivity contribution >= 4 is 5.97 Å². The fraction of sp³-hybridized carbons (Fsp3) is 0.923. The predicted octanol–water partition coefficient (Wildman–Crippen LogP) is 2.80. The molecular weight excluding hydrogens is 202 g/mol. The van der Waals surface area contributed by atoms with Crippen LogP contribution in [0.3, 0.4) is 0 Å². The first kappa shape index (κ1) is 13.5. The molecular formula is C13H25NO2. The summed E-state index contributed by atoms with van der Waals surface area (Å²) in [5.41, 5.74) is 0. The smallest absolute Gasteiger partial charge is 0.320 e. The topological polar surface area (TPSA) is 49.3 Å². The Morgan fingerprint density at radius 2 is 2.00 bits per heavy atom. The fourth-order valence-corrected chi connectivity index (χ4v) is 2.20. The van der Waals surface area contributed by atoms with Gasteiger partial charge in [0.1, 0.15) is 6.04 Å². The Hall–Kier alpha value is -0.570. The molecule has 2 unspecified atom stereocenters. The second-order valence-corrected chi connectivity index (χ2v) is 4.95. The van der Waals surface area contributed by atoms with Crippen LogP contribution in [-0.2, 0) is 4.79 Å². The van der Waals surface area contributed by atoms with E-state index in [4.69, 9.17) is 5.11 Å². The Morgan fingerprint density at radius 3 is 2.44 bits per heavy atom. The lowest BCUT2D eigenvalue weighted by Crippen LogP contribution is -2.44. The highest BCUT2D eigenvalue weighted by molar-refractivity contribution is 5.74. The molecule has 0 aliphatic heterocycles. The second-order valence-electron chi connectivity index (χ2n) is 4.95. The van der Waals surface area contributed by atoms with Crippen LogP contribution < -0.4 is 5.32 Å². The molecule has 16 heavy (non-hydrogen) atoms. The summed E-state index contributed by atoms with van der Waals surface area (Å²) in [7, 11) is 0. The summed E-state index contributed by atoms with van der Waals surface area (Å²) < 4.78 is 0. The van der Waals surface area contributed by atoms with Crippen molar-refractivity contribution in [2.75, 3.05) is 0 Å². The van der Waals surface area contributed by atoms with Gasteiger partial charge < -0.3 is 10.4 Å². The number of rotatable bonds is 9. The van der Waals surface area contributed by atoms with E-state index in [0.29, 0.717) is 12.0 Å². The van der Waals surface area contributed by atoms with Gasteiger partial charge in [0, 0.05) is 6.04 Å². The van der Waals surface area contributed by atoms with Gasteiger partial charge in [-0.2, -0.15) is 0 Å². The standard InChI is InChI=1S/C13H25NO2/c1-3-5-7-11(6-4-2)14-12(13(15)16)10-8-9-10/h10-12,14H,3-9H2,1-2H3,(H,15,16). The highest BCUT2D eigenvalue weighted by atomic mass is 16.4. The molecule has 1 aliphatic carbocycles. The van der Waals surface area contributed by atoms with Crippen molar-refractivity contribution in [3.05, 3.63) is 0 Å². The Morgan fingerprint density at radius 1 is 1.31 bits per heavy atom. The first-order chi connectivity index (χ1) is 7.69. The quantitative estimate of drug-likeness (QED) is 0.637. The minimum Gasteiger partial charge on any atom is -0.480 e. The molecule has 0 heterocycles. The van der Waals surface area contributed by atoms with Gasteiger partial charge in [-0.1, -0.05) is 33.1 Å². The van der Waals surface area contributed by atoms with E-state index >= 15 is 0 Å². The molecule has 1 aliphatic rings. The Balaban J connectivity index is 2.40. The molecule has 1 fully saturated rings. The second kappa shape index (κ2) is 6.89. The third-order valence-corrected chi connectivity index (χ3v) is 3.32. The summed E-state index contributed by atoms with van der Waals surface area (Å²) in [6, 6.07) is 0.0973. The molecule has 0 bridgehead atoms. The number of hydrogen-bond acceptors (Lipinski definition) is 2. The number of aliphatic carboxylic acids is 1. The normalized spacial score (nSPS) is 19.4. The average Bonchev–Trinajstić information content (AvgIpc) is 3.05. The summed E-state index contributed by atoms with van der Waals surface area (Å²) in [4.78, 5) is 11.1. The van der Waals surface area contributed by atoms with E-state index in [1.54, 1.807) is 0 Å². The van der Waals surface area contributed by atoms with E-state index in [-0.39, 0.29) is 6.04 Å². The molecule has 0 aromatic rings. The van der Waals surface area contributed by atoms with Gasteiger partial charge in [-0.25, -0.2) is 0 Å². The van der Waals surface area contributed by atoms with Crippen LogP contribution in [0.5, 0.6) is 0 Å². The lowest BCUT2D eigenvalue weighted by molar-refractivity contribution is -0.140. The van der Waals surface area contributed by atoms with E-state index in [9.17, 15) is 4.79 Å². The van der Waals surface area contributed by atoms with Crippen molar-refractivity contribution in [2.24, 2.45) is 5.92 Å². The number of nitrogens with one attached hydrogen (secondary N) is 1. The number of carboxylic acids is 1. The Kier molecular flexibility index (Phi) is 5.81. The largest absolute Gasteiger partial charge is 0.480 e. The molecule has 0 saturated heterocycles. The molecule has 0 aromatic heterocycles. The summed E-state index contributed by atoms with van der Waals surface area (Å²) in [5.74, 6) is -0.279. The molecule has 0 aromatic carbocycles. The van der Waals surface area contributed by atoms with Crippen LogP contribution in [0.2, 0.25) is 0 Å². The molecule has 2 N–H and O–H groups in total. The van der Waals surface area contributed by atoms with Crippen LogP contribution in [0.4, 0.5) is 0 Å². The van der Waals surface area contributed by atoms with Gasteiger partial charge in [0.15, 0.2) is 0 Å². The Labute approximate surface area is 98.6 Å². The average molecular weight is 227 g/mol. The van der Waals surface area contributed by atoms with Crippen LogP contribution in [0.15, 0.2) is 0 Å². The molecule has 0 amide bonds. The van der Waals surface area contributed by atoms with Crippen molar-refractivity contribution < 1.29 is 9.90 Å². The Bertz CT molecular complexity index is 214. The first-order valence-corrected chi connectivity index (χ1v) is 6.67. The summed E-state index contributed by atoms with van der Waals surface area (Å²) in [6.07, 6.45) is 7.86. The maximum Gasteiger partial charge on any atom is 0.320 e. The lowest BCUT2D eigenvalue weighted by atomic mass is 10.0. The summed E-state index contributed by atoms with van der Waals surface area (Å²) >= 11 is 0. The van der Waals surface area contributed by atoms with E-state index in [1.165, 1.54) is 12.8 Å². The number of carbonyl (C=O) groups is 1. The summed E-state index contributed by atoms with van der Waals surface area (Å²) in [6.45, 7) is 4.34. The van der Waals surface area contributed by atoms with Crippen molar-refractivity contribution in [3.8, 4) is 0 Å². The van der Waals surface area contributed by atoms with Gasteiger partial charge in [-0.05, 0) is 31.6 Å². The van der Waals surface area contributed by atoms with Gasteiger partial charge in [0.25, 0.3) is 0 Å². The van der Waals surface area contributed by atoms with Crippen LogP contribution in [0.25, 0.3) is 0 Å². The molecule has 3 nitrogen and oxygen atoms in total.